The Kier molecular flexibility index (Phi) is 4.08. The van der Waals surface area contributed by atoms with E-state index in [0.717, 1.165) is 36.6 Å². The van der Waals surface area contributed by atoms with Gasteiger partial charge in [0.2, 0.25) is 0 Å². The Hall–Kier alpha value is -1.85. The minimum Gasteiger partial charge on any atom is -0.459 e. The van der Waals surface area contributed by atoms with Gasteiger partial charge in [0, 0.05) is 47.9 Å². The molecule has 5 heterocycles. The average molecular weight is 361 g/mol. The first-order valence-corrected chi connectivity index (χ1v) is 8.74. The smallest absolute Gasteiger partial charge is 0.340 e. The van der Waals surface area contributed by atoms with Crippen LogP contribution in [0.1, 0.15) is 36.0 Å². The monoisotopic (exact) mass is 360 g/mol. The summed E-state index contributed by atoms with van der Waals surface area (Å²) in [5, 5.41) is 0.909. The molecule has 5 nitrogen and oxygen atoms in total. The number of esters is 1. The number of benzene rings is 1. The highest BCUT2D eigenvalue weighted by Crippen LogP contribution is 2.42. The highest BCUT2D eigenvalue weighted by molar-refractivity contribution is 6.04. The number of ether oxygens (including phenoxy) is 1. The molecule has 1 unspecified atom stereocenters. The molecular formula is C19H21ClN2O3. The third kappa shape index (κ3) is 2.66. The molecule has 132 valence electrons. The highest BCUT2D eigenvalue weighted by Gasteiger charge is 2.49. The molecule has 4 fully saturated rings. The van der Waals surface area contributed by atoms with E-state index >= 15 is 0 Å². The number of piperidine rings is 4. The van der Waals surface area contributed by atoms with Crippen LogP contribution < -0.4 is 0 Å². The number of rotatable bonds is 2. The second-order valence-corrected chi connectivity index (χ2v) is 7.36. The fourth-order valence-corrected chi connectivity index (χ4v) is 4.87. The number of para-hydroxylation sites is 1. The number of Topliss-reactive ketones (excluding diaryl/α,β-unsaturated/α-hetero) is 1. The zero-order chi connectivity index (χ0) is 16.3. The molecule has 0 radical (unpaired) electrons. The van der Waals surface area contributed by atoms with Crippen molar-refractivity contribution >= 4 is 35.1 Å². The number of carbonyl (C=O) groups is 2. The largest absolute Gasteiger partial charge is 0.459 e. The number of hydrogen-bond acceptors (Lipinski definition) is 4. The second kappa shape index (κ2) is 6.15. The van der Waals surface area contributed by atoms with E-state index in [-0.39, 0.29) is 30.4 Å². The molecule has 5 atom stereocenters. The van der Waals surface area contributed by atoms with Crippen molar-refractivity contribution in [2.45, 2.75) is 43.9 Å². The Morgan fingerprint density at radius 3 is 2.56 bits per heavy atom. The lowest BCUT2D eigenvalue weighted by molar-refractivity contribution is -0.145. The summed E-state index contributed by atoms with van der Waals surface area (Å²) in [5.74, 6) is 0.403. The number of hydrogen-bond donors (Lipinski definition) is 1. The summed E-state index contributed by atoms with van der Waals surface area (Å²) in [7, 11) is 0. The summed E-state index contributed by atoms with van der Waals surface area (Å²) in [6.45, 7) is 0.600. The van der Waals surface area contributed by atoms with Crippen LogP contribution in [0.3, 0.4) is 0 Å². The van der Waals surface area contributed by atoms with Crippen LogP contribution in [0.15, 0.2) is 30.5 Å². The van der Waals surface area contributed by atoms with E-state index in [4.69, 9.17) is 4.74 Å². The summed E-state index contributed by atoms with van der Waals surface area (Å²) in [4.78, 5) is 30.0. The summed E-state index contributed by atoms with van der Waals surface area (Å²) in [6, 6.07) is 8.58. The van der Waals surface area contributed by atoms with Crippen LogP contribution in [0, 0.1) is 5.92 Å². The molecule has 1 aromatic heterocycles. The summed E-state index contributed by atoms with van der Waals surface area (Å²) < 4.78 is 5.84. The molecule has 25 heavy (non-hydrogen) atoms. The predicted octanol–water partition coefficient (Wildman–Crippen LogP) is 2.94. The number of ketones is 1. The van der Waals surface area contributed by atoms with Crippen LogP contribution in [0.4, 0.5) is 0 Å². The van der Waals surface area contributed by atoms with Crippen molar-refractivity contribution in [3.8, 4) is 0 Å². The van der Waals surface area contributed by atoms with Gasteiger partial charge in [-0.1, -0.05) is 18.2 Å². The van der Waals surface area contributed by atoms with Crippen molar-refractivity contribution in [2.75, 3.05) is 6.54 Å². The van der Waals surface area contributed by atoms with Gasteiger partial charge < -0.3 is 9.72 Å². The van der Waals surface area contributed by atoms with Gasteiger partial charge in [0.15, 0.2) is 0 Å². The first-order valence-electron chi connectivity index (χ1n) is 8.74. The molecule has 4 aliphatic rings. The molecule has 0 amide bonds. The lowest BCUT2D eigenvalue weighted by atomic mass is 9.72. The first-order chi connectivity index (χ1) is 11.7. The van der Waals surface area contributed by atoms with Crippen LogP contribution in [-0.2, 0) is 9.53 Å². The van der Waals surface area contributed by atoms with Crippen LogP contribution in [-0.4, -0.2) is 46.4 Å². The number of H-pyrrole nitrogens is 1. The lowest BCUT2D eigenvalue weighted by Gasteiger charge is -2.54. The van der Waals surface area contributed by atoms with Crippen LogP contribution >= 0.6 is 12.4 Å². The van der Waals surface area contributed by atoms with Crippen LogP contribution in [0.25, 0.3) is 10.9 Å². The van der Waals surface area contributed by atoms with Gasteiger partial charge in [0.1, 0.15) is 11.9 Å². The average Bonchev–Trinajstić information content (AvgIpc) is 2.99. The van der Waals surface area contributed by atoms with Crippen molar-refractivity contribution in [3.63, 3.8) is 0 Å². The number of carbonyl (C=O) groups excluding carboxylic acids is 2. The molecule has 4 saturated heterocycles. The molecule has 4 aliphatic heterocycles. The summed E-state index contributed by atoms with van der Waals surface area (Å²) in [6.07, 6.45) is 5.29. The Morgan fingerprint density at radius 2 is 1.84 bits per heavy atom. The van der Waals surface area contributed by atoms with Crippen molar-refractivity contribution in [1.82, 2.24) is 9.88 Å². The molecule has 2 aromatic rings. The molecule has 0 spiro atoms. The molecule has 0 saturated carbocycles. The van der Waals surface area contributed by atoms with Gasteiger partial charge in [0.05, 0.1) is 12.1 Å². The van der Waals surface area contributed by atoms with Gasteiger partial charge in [-0.15, -0.1) is 12.4 Å². The first kappa shape index (κ1) is 16.6. The number of halogens is 1. The second-order valence-electron chi connectivity index (χ2n) is 7.36. The van der Waals surface area contributed by atoms with Crippen molar-refractivity contribution in [3.05, 3.63) is 36.0 Å². The van der Waals surface area contributed by atoms with E-state index in [1.165, 1.54) is 0 Å². The van der Waals surface area contributed by atoms with Gasteiger partial charge in [-0.2, -0.15) is 0 Å². The molecule has 1 aromatic carbocycles. The normalized spacial score (nSPS) is 33.1. The minimum absolute atomic E-state index is 0. The summed E-state index contributed by atoms with van der Waals surface area (Å²) >= 11 is 0. The molecule has 6 rings (SSSR count). The molecule has 0 aliphatic carbocycles. The number of fused-ring (bicyclic) bond motifs is 2. The van der Waals surface area contributed by atoms with E-state index in [0.29, 0.717) is 30.0 Å². The quantitative estimate of drug-likeness (QED) is 0.836. The maximum atomic E-state index is 12.6. The van der Waals surface area contributed by atoms with Gasteiger partial charge in [-0.25, -0.2) is 4.79 Å². The topological polar surface area (TPSA) is 62.4 Å². The van der Waals surface area contributed by atoms with Gasteiger partial charge >= 0.3 is 5.97 Å². The molecular weight excluding hydrogens is 340 g/mol. The van der Waals surface area contributed by atoms with Crippen molar-refractivity contribution in [1.29, 1.82) is 0 Å². The van der Waals surface area contributed by atoms with E-state index < -0.39 is 0 Å². The van der Waals surface area contributed by atoms with Gasteiger partial charge in [-0.05, 0) is 18.9 Å². The van der Waals surface area contributed by atoms with Gasteiger partial charge in [-0.3, -0.25) is 9.69 Å². The minimum atomic E-state index is -0.242. The Morgan fingerprint density at radius 1 is 1.12 bits per heavy atom. The fourth-order valence-electron chi connectivity index (χ4n) is 4.87. The number of aromatic amines is 1. The maximum absolute atomic E-state index is 12.6. The Balaban J connectivity index is 0.00000157. The fraction of sp³-hybridized carbons (Fsp3) is 0.474. The lowest BCUT2D eigenvalue weighted by Crippen LogP contribution is -2.63. The zero-order valence-electron chi connectivity index (χ0n) is 13.8. The molecule has 4 bridgehead atoms. The predicted molar refractivity (Wildman–Crippen MR) is 96.0 cm³/mol. The van der Waals surface area contributed by atoms with Gasteiger partial charge in [0.25, 0.3) is 0 Å². The third-order valence-corrected chi connectivity index (χ3v) is 6.00. The number of nitrogens with one attached hydrogen (secondary N) is 1. The Bertz CT molecular complexity index is 817. The van der Waals surface area contributed by atoms with Crippen LogP contribution in [0.2, 0.25) is 0 Å². The number of aromatic nitrogens is 1. The van der Waals surface area contributed by atoms with E-state index in [1.54, 1.807) is 6.20 Å². The van der Waals surface area contributed by atoms with Crippen LogP contribution in [0.5, 0.6) is 0 Å². The SMILES string of the molecule is Cl.O=C(O[C@@H]1C[C@@H]2C[C@@H]3C[C@H](C1)N2CC3=O)c1c[nH]c2ccccc12. The summed E-state index contributed by atoms with van der Waals surface area (Å²) in [5.41, 5.74) is 1.56. The standard InChI is InChI=1S/C19H20N2O3.ClH/c22-18-10-21-12-5-11(18)6-13(21)8-14(7-12)24-19(23)16-9-20-17-4-2-1-3-15(16)17;/h1-4,9,11-14,20H,5-8,10H2;1H/t11-,12+,13-,14-;. The molecule has 6 heteroatoms. The molecule has 1 N–H and O–H groups in total. The Labute approximate surface area is 152 Å². The maximum Gasteiger partial charge on any atom is 0.340 e. The third-order valence-electron chi connectivity index (χ3n) is 6.00. The number of nitrogens with zero attached hydrogens (tertiary/aromatic N) is 1. The van der Waals surface area contributed by atoms with Crippen molar-refractivity contribution in [2.24, 2.45) is 5.92 Å². The zero-order valence-corrected chi connectivity index (χ0v) is 14.6. The highest BCUT2D eigenvalue weighted by atomic mass is 35.5. The van der Waals surface area contributed by atoms with E-state index in [9.17, 15) is 9.59 Å². The van der Waals surface area contributed by atoms with E-state index in [1.807, 2.05) is 24.3 Å². The van der Waals surface area contributed by atoms with Crippen molar-refractivity contribution < 1.29 is 14.3 Å². The van der Waals surface area contributed by atoms with E-state index in [2.05, 4.69) is 9.88 Å².